The Bertz CT molecular complexity index is 563. The highest BCUT2D eigenvalue weighted by atomic mass is 16.6. The van der Waals surface area contributed by atoms with E-state index in [4.69, 9.17) is 9.47 Å². The summed E-state index contributed by atoms with van der Waals surface area (Å²) in [4.78, 5) is 12.6. The first kappa shape index (κ1) is 36.2. The monoisotopic (exact) mass is 550 g/mol. The maximum Gasteiger partial charge on any atom is 0.306 e. The molecule has 1 saturated heterocycles. The molecule has 0 unspecified atom stereocenters. The minimum Gasteiger partial charge on any atom is -0.459 e. The molecule has 0 aliphatic carbocycles. The third-order valence-electron chi connectivity index (χ3n) is 8.43. The lowest BCUT2D eigenvalue weighted by molar-refractivity contribution is -0.152. The molecule has 4 atom stereocenters. The van der Waals surface area contributed by atoms with Gasteiger partial charge in [-0.3, -0.25) is 4.79 Å². The minimum atomic E-state index is -0.461. The van der Waals surface area contributed by atoms with Crippen LogP contribution in [0.3, 0.4) is 0 Å². The van der Waals surface area contributed by atoms with E-state index in [0.29, 0.717) is 12.8 Å². The molecule has 0 bridgehead atoms. The van der Waals surface area contributed by atoms with Crippen LogP contribution in [0.15, 0.2) is 12.7 Å². The average Bonchev–Trinajstić information content (AvgIpc) is 3.33. The Labute approximate surface area is 243 Å². The van der Waals surface area contributed by atoms with Crippen LogP contribution in [0.4, 0.5) is 0 Å². The van der Waals surface area contributed by atoms with E-state index in [1.807, 2.05) is 6.08 Å². The number of aliphatic hydroxyl groups excluding tert-OH is 1. The summed E-state index contributed by atoms with van der Waals surface area (Å²) in [6, 6.07) is 0. The molecule has 0 aromatic rings. The van der Waals surface area contributed by atoms with Gasteiger partial charge in [0.05, 0.1) is 18.3 Å². The van der Waals surface area contributed by atoms with Gasteiger partial charge in [-0.25, -0.2) is 0 Å². The molecule has 0 spiro atoms. The summed E-state index contributed by atoms with van der Waals surface area (Å²) in [5.41, 5.74) is 0. The highest BCUT2D eigenvalue weighted by Crippen LogP contribution is 2.31. The van der Waals surface area contributed by atoms with E-state index in [1.54, 1.807) is 0 Å². The number of hydrogen-bond acceptors (Lipinski definition) is 4. The van der Waals surface area contributed by atoms with Gasteiger partial charge in [-0.2, -0.15) is 0 Å². The van der Waals surface area contributed by atoms with Crippen molar-refractivity contribution in [2.24, 2.45) is 0 Å². The third-order valence-corrected chi connectivity index (χ3v) is 8.43. The predicted molar refractivity (Wildman–Crippen MR) is 166 cm³/mol. The molecule has 0 radical (unpaired) electrons. The molecular formula is C35H66O4. The van der Waals surface area contributed by atoms with Gasteiger partial charge in [0.2, 0.25) is 0 Å². The molecule has 1 heterocycles. The fraction of sp³-hybridized carbons (Fsp3) is 0.914. The Morgan fingerprint density at radius 1 is 0.795 bits per heavy atom. The minimum absolute atomic E-state index is 0.0642. The molecule has 0 aromatic heterocycles. The second-order valence-electron chi connectivity index (χ2n) is 12.2. The van der Waals surface area contributed by atoms with Crippen LogP contribution < -0.4 is 0 Å². The molecule has 1 N–H and O–H groups in total. The lowest BCUT2D eigenvalue weighted by Gasteiger charge is -2.20. The fourth-order valence-electron chi connectivity index (χ4n) is 5.84. The maximum atomic E-state index is 12.6. The highest BCUT2D eigenvalue weighted by Gasteiger charge is 2.40. The van der Waals surface area contributed by atoms with E-state index >= 15 is 0 Å². The van der Waals surface area contributed by atoms with Gasteiger partial charge in [-0.05, 0) is 32.1 Å². The topological polar surface area (TPSA) is 55.8 Å². The van der Waals surface area contributed by atoms with Crippen LogP contribution in [0.5, 0.6) is 0 Å². The van der Waals surface area contributed by atoms with Gasteiger partial charge in [0, 0.05) is 12.8 Å². The number of rotatable bonds is 28. The molecule has 0 amide bonds. The molecule has 1 fully saturated rings. The fourth-order valence-corrected chi connectivity index (χ4v) is 5.84. The standard InChI is InChI=1S/C35H66O4/c1-4-7-10-12-14-15-16-17-18-19-21-23-26-29-35(37)39-34-30-33(38-32(34)28-24-9-6-3)31(36)27-25-22-20-13-11-8-5-2/h5,31-34,36H,2,4,6-30H2,1,3H3/t31-,32+,33-,34+/m1/s1. The van der Waals surface area contributed by atoms with Crippen molar-refractivity contribution in [1.29, 1.82) is 0 Å². The van der Waals surface area contributed by atoms with Gasteiger partial charge in [0.15, 0.2) is 0 Å². The second-order valence-corrected chi connectivity index (χ2v) is 12.2. The lowest BCUT2D eigenvalue weighted by atomic mass is 10.00. The summed E-state index contributed by atoms with van der Waals surface area (Å²) in [7, 11) is 0. The summed E-state index contributed by atoms with van der Waals surface area (Å²) in [5, 5.41) is 10.8. The van der Waals surface area contributed by atoms with Crippen molar-refractivity contribution in [3.05, 3.63) is 12.7 Å². The Hall–Kier alpha value is -0.870. The molecule has 1 rings (SSSR count). The Balaban J connectivity index is 2.20. The van der Waals surface area contributed by atoms with E-state index in [1.165, 1.54) is 96.3 Å². The number of esters is 1. The van der Waals surface area contributed by atoms with Gasteiger partial charge in [0.1, 0.15) is 6.10 Å². The highest BCUT2D eigenvalue weighted by molar-refractivity contribution is 5.69. The first-order valence-corrected chi connectivity index (χ1v) is 17.3. The normalized spacial score (nSPS) is 19.8. The number of carbonyl (C=O) groups is 1. The average molecular weight is 551 g/mol. The zero-order chi connectivity index (χ0) is 28.4. The van der Waals surface area contributed by atoms with Crippen molar-refractivity contribution in [1.82, 2.24) is 0 Å². The van der Waals surface area contributed by atoms with Gasteiger partial charge in [-0.1, -0.05) is 142 Å². The molecular weight excluding hydrogens is 484 g/mol. The van der Waals surface area contributed by atoms with Crippen LogP contribution in [-0.2, 0) is 14.3 Å². The van der Waals surface area contributed by atoms with Crippen LogP contribution in [0.1, 0.15) is 181 Å². The summed E-state index contributed by atoms with van der Waals surface area (Å²) in [6.07, 6.45) is 31.2. The number of allylic oxidation sites excluding steroid dienone is 1. The summed E-state index contributed by atoms with van der Waals surface area (Å²) < 4.78 is 12.2. The number of unbranched alkanes of at least 4 members (excludes halogenated alkanes) is 19. The molecule has 0 saturated carbocycles. The molecule has 1 aliphatic rings. The van der Waals surface area contributed by atoms with Gasteiger partial charge in [-0.15, -0.1) is 6.58 Å². The number of hydrogen-bond donors (Lipinski definition) is 1. The molecule has 1 aliphatic heterocycles. The number of carbonyl (C=O) groups excluding carboxylic acids is 1. The Morgan fingerprint density at radius 3 is 1.90 bits per heavy atom. The Kier molecular flexibility index (Phi) is 24.2. The first-order valence-electron chi connectivity index (χ1n) is 17.3. The summed E-state index contributed by atoms with van der Waals surface area (Å²) >= 11 is 0. The smallest absolute Gasteiger partial charge is 0.306 e. The van der Waals surface area contributed by atoms with Crippen molar-refractivity contribution >= 4 is 5.97 Å². The third kappa shape index (κ3) is 19.8. The SMILES string of the molecule is C=CCCCCCCC[C@@H](O)[C@H]1C[C@H](OC(=O)CCCCCCCCCCCCCCC)[C@H](CCCCC)O1. The van der Waals surface area contributed by atoms with Crippen molar-refractivity contribution in [3.8, 4) is 0 Å². The van der Waals surface area contributed by atoms with Gasteiger partial charge < -0.3 is 14.6 Å². The van der Waals surface area contributed by atoms with Gasteiger partial charge >= 0.3 is 5.97 Å². The van der Waals surface area contributed by atoms with E-state index < -0.39 is 6.10 Å². The zero-order valence-electron chi connectivity index (χ0n) is 26.2. The first-order chi connectivity index (χ1) is 19.1. The quantitative estimate of drug-likeness (QED) is 0.0598. The largest absolute Gasteiger partial charge is 0.459 e. The molecule has 4 nitrogen and oxygen atoms in total. The van der Waals surface area contributed by atoms with E-state index in [2.05, 4.69) is 20.4 Å². The molecule has 230 valence electrons. The summed E-state index contributed by atoms with van der Waals surface area (Å²) in [5.74, 6) is -0.0816. The summed E-state index contributed by atoms with van der Waals surface area (Å²) in [6.45, 7) is 8.26. The van der Waals surface area contributed by atoms with Gasteiger partial charge in [0.25, 0.3) is 0 Å². The lowest BCUT2D eigenvalue weighted by Crippen LogP contribution is -2.27. The Morgan fingerprint density at radius 2 is 1.31 bits per heavy atom. The predicted octanol–water partition coefficient (Wildman–Crippen LogP) is 10.4. The number of aliphatic hydroxyl groups is 1. The zero-order valence-corrected chi connectivity index (χ0v) is 26.2. The van der Waals surface area contributed by atoms with Crippen LogP contribution in [-0.4, -0.2) is 35.5 Å². The van der Waals surface area contributed by atoms with Crippen molar-refractivity contribution in [2.75, 3.05) is 0 Å². The van der Waals surface area contributed by atoms with Crippen LogP contribution in [0, 0.1) is 0 Å². The second kappa shape index (κ2) is 26.1. The molecule has 39 heavy (non-hydrogen) atoms. The molecule has 0 aromatic carbocycles. The maximum absolute atomic E-state index is 12.6. The van der Waals surface area contributed by atoms with Crippen LogP contribution in [0.25, 0.3) is 0 Å². The number of ether oxygens (including phenoxy) is 2. The van der Waals surface area contributed by atoms with E-state index in [0.717, 1.165) is 57.8 Å². The van der Waals surface area contributed by atoms with E-state index in [9.17, 15) is 9.90 Å². The van der Waals surface area contributed by atoms with Crippen LogP contribution >= 0.6 is 0 Å². The molecule has 4 heteroatoms. The van der Waals surface area contributed by atoms with E-state index in [-0.39, 0.29) is 24.3 Å². The van der Waals surface area contributed by atoms with Crippen molar-refractivity contribution in [2.45, 2.75) is 205 Å². The van der Waals surface area contributed by atoms with Crippen LogP contribution in [0.2, 0.25) is 0 Å². The van der Waals surface area contributed by atoms with Crippen molar-refractivity contribution < 1.29 is 19.4 Å². The van der Waals surface area contributed by atoms with Crippen molar-refractivity contribution in [3.63, 3.8) is 0 Å².